The first-order valence-electron chi connectivity index (χ1n) is 2.50. The number of aliphatic carboxylic acids is 1. The van der Waals surface area contributed by atoms with Crippen LogP contribution in [0.2, 0.25) is 0 Å². The predicted molar refractivity (Wildman–Crippen MR) is 29.6 cm³/mol. The molecular weight excluding hydrogens is 167 g/mol. The number of carboxylic acid groups (broad SMARTS) is 1. The van der Waals surface area contributed by atoms with Crippen molar-refractivity contribution in [3.63, 3.8) is 0 Å². The number of rotatable bonds is 3. The number of carbonyl (C=O) groups excluding carboxylic acids is 1. The van der Waals surface area contributed by atoms with Gasteiger partial charge in [-0.3, -0.25) is 0 Å². The Labute approximate surface area is 102 Å². The van der Waals surface area contributed by atoms with Crippen LogP contribution in [0.3, 0.4) is 0 Å². The topological polar surface area (TPSA) is 40.1 Å². The van der Waals surface area contributed by atoms with Gasteiger partial charge < -0.3 is 9.90 Å². The molecule has 0 aliphatic heterocycles. The Morgan fingerprint density at radius 2 is 2.22 bits per heavy atom. The minimum absolute atomic E-state index is 0. The fourth-order valence-corrected chi connectivity index (χ4v) is 0.451. The molecule has 1 atom stereocenters. The Kier molecular flexibility index (Phi) is 10.9. The van der Waals surface area contributed by atoms with Crippen LogP contribution in [0, 0.1) is 0 Å². The smallest absolute Gasteiger partial charge is 0.550 e. The Bertz CT molecular complexity index is 87.0. The van der Waals surface area contributed by atoms with E-state index in [1.54, 1.807) is 0 Å². The maximum atomic E-state index is 9.77. The van der Waals surface area contributed by atoms with Crippen LogP contribution < -0.4 is 56.5 Å². The molecule has 0 bridgehead atoms. The molecule has 0 saturated heterocycles. The van der Waals surface area contributed by atoms with E-state index in [0.29, 0.717) is 6.42 Å². The largest absolute Gasteiger partial charge is 1.00 e. The zero-order valence-electron chi connectivity index (χ0n) is 5.69. The number of hydrogen-bond donors (Lipinski definition) is 0. The number of hydrogen-bond acceptors (Lipinski definition) is 2. The average molecular weight is 175 g/mol. The molecule has 4 heteroatoms. The Hall–Kier alpha value is 1.40. The van der Waals surface area contributed by atoms with Gasteiger partial charge in [0.15, 0.2) is 0 Å². The third-order valence-corrected chi connectivity index (χ3v) is 1.29. The van der Waals surface area contributed by atoms with Crippen molar-refractivity contribution in [2.45, 2.75) is 25.1 Å². The molecule has 0 radical (unpaired) electrons. The maximum absolute atomic E-state index is 9.77. The third-order valence-electron chi connectivity index (χ3n) is 0.831. The molecule has 9 heavy (non-hydrogen) atoms. The predicted octanol–water partition coefficient (Wildman–Crippen LogP) is -2.85. The molecule has 0 aromatic carbocycles. The minimum Gasteiger partial charge on any atom is -0.550 e. The maximum Gasteiger partial charge on any atom is 1.00 e. The van der Waals surface area contributed by atoms with Crippen molar-refractivity contribution >= 4 is 17.6 Å². The molecule has 0 aliphatic rings. The quantitative estimate of drug-likeness (QED) is 0.342. The second kappa shape index (κ2) is 7.50. The summed E-state index contributed by atoms with van der Waals surface area (Å²) in [7, 11) is 0. The first-order valence-corrected chi connectivity index (χ1v) is 2.94. The van der Waals surface area contributed by atoms with Crippen molar-refractivity contribution in [1.82, 2.24) is 0 Å². The Morgan fingerprint density at radius 1 is 1.78 bits per heavy atom. The molecule has 0 aromatic heterocycles. The molecule has 0 rings (SSSR count). The van der Waals surface area contributed by atoms with Gasteiger partial charge in [-0.15, -0.1) is 11.6 Å². The first kappa shape index (κ1) is 13.0. The molecule has 0 aliphatic carbocycles. The third kappa shape index (κ3) is 9.40. The van der Waals surface area contributed by atoms with Gasteiger partial charge in [0.1, 0.15) is 0 Å². The molecule has 1 unspecified atom stereocenters. The summed E-state index contributed by atoms with van der Waals surface area (Å²) in [6.07, 6.45) is 0.633. The van der Waals surface area contributed by atoms with Crippen molar-refractivity contribution in [3.05, 3.63) is 0 Å². The first-order chi connectivity index (χ1) is 3.66. The van der Waals surface area contributed by atoms with E-state index in [4.69, 9.17) is 11.6 Å². The summed E-state index contributed by atoms with van der Waals surface area (Å²) in [5, 5.41) is 9.51. The minimum atomic E-state index is -1.08. The van der Waals surface area contributed by atoms with Gasteiger partial charge in [-0.05, 0) is 6.42 Å². The van der Waals surface area contributed by atoms with Crippen molar-refractivity contribution in [2.24, 2.45) is 0 Å². The average Bonchev–Trinajstić information content (AvgIpc) is 1.65. The van der Waals surface area contributed by atoms with Gasteiger partial charge in [0.25, 0.3) is 0 Å². The van der Waals surface area contributed by atoms with Crippen LogP contribution in [-0.2, 0) is 4.79 Å². The summed E-state index contributed by atoms with van der Waals surface area (Å²) < 4.78 is 0. The van der Waals surface area contributed by atoms with Gasteiger partial charge in [-0.2, -0.15) is 0 Å². The van der Waals surface area contributed by atoms with Gasteiger partial charge in [-0.25, -0.2) is 0 Å². The van der Waals surface area contributed by atoms with Gasteiger partial charge in [0.2, 0.25) is 0 Å². The van der Waals surface area contributed by atoms with E-state index >= 15 is 0 Å². The summed E-state index contributed by atoms with van der Waals surface area (Å²) in [4.78, 5) is 9.77. The van der Waals surface area contributed by atoms with Gasteiger partial charge >= 0.3 is 51.4 Å². The van der Waals surface area contributed by atoms with Crippen LogP contribution in [0.25, 0.3) is 0 Å². The molecule has 0 N–H and O–H groups in total. The zero-order valence-corrected chi connectivity index (χ0v) is 9.57. The van der Waals surface area contributed by atoms with E-state index in [2.05, 4.69) is 0 Å². The molecule has 2 nitrogen and oxygen atoms in total. The fraction of sp³-hybridized carbons (Fsp3) is 0.800. The molecule has 0 fully saturated rings. The second-order valence-electron chi connectivity index (χ2n) is 1.58. The van der Waals surface area contributed by atoms with Gasteiger partial charge in [-0.1, -0.05) is 6.92 Å². The monoisotopic (exact) mass is 174 g/mol. The fourth-order valence-electron chi connectivity index (χ4n) is 0.325. The molecule has 48 valence electrons. The summed E-state index contributed by atoms with van der Waals surface area (Å²) in [5.41, 5.74) is 0. The summed E-state index contributed by atoms with van der Waals surface area (Å²) in [6.45, 7) is 1.83. The second-order valence-corrected chi connectivity index (χ2v) is 2.20. The number of carboxylic acids is 1. The van der Waals surface area contributed by atoms with Crippen LogP contribution in [0.4, 0.5) is 0 Å². The van der Waals surface area contributed by atoms with E-state index in [1.807, 2.05) is 6.92 Å². The molecule has 0 aromatic rings. The normalized spacial score (nSPS) is 11.8. The standard InChI is InChI=1S/C5H9ClO2.K/c1-2-4(6)3-5(7)8;/h4H,2-3H2,1H3,(H,7,8);/q;+1/p-1. The van der Waals surface area contributed by atoms with Crippen LogP contribution in [-0.4, -0.2) is 11.3 Å². The summed E-state index contributed by atoms with van der Waals surface area (Å²) >= 11 is 5.44. The molecule has 0 saturated carbocycles. The Morgan fingerprint density at radius 3 is 2.33 bits per heavy atom. The van der Waals surface area contributed by atoms with Crippen LogP contribution in [0.5, 0.6) is 0 Å². The number of carbonyl (C=O) groups is 1. The van der Waals surface area contributed by atoms with E-state index in [1.165, 1.54) is 0 Å². The summed E-state index contributed by atoms with van der Waals surface area (Å²) in [6, 6.07) is 0. The van der Waals surface area contributed by atoms with E-state index in [-0.39, 0.29) is 63.2 Å². The molecule has 0 amide bonds. The number of alkyl halides is 1. The molecule has 0 heterocycles. The summed E-state index contributed by atoms with van der Waals surface area (Å²) in [5.74, 6) is -1.08. The molecule has 0 spiro atoms. The van der Waals surface area contributed by atoms with Crippen molar-refractivity contribution in [2.75, 3.05) is 0 Å². The molecular formula is C5H8ClKO2. The zero-order chi connectivity index (χ0) is 6.57. The van der Waals surface area contributed by atoms with E-state index < -0.39 is 5.97 Å². The van der Waals surface area contributed by atoms with Crippen LogP contribution >= 0.6 is 11.6 Å². The van der Waals surface area contributed by atoms with Crippen molar-refractivity contribution < 1.29 is 61.3 Å². The van der Waals surface area contributed by atoms with Gasteiger partial charge in [0, 0.05) is 17.8 Å². The SMILES string of the molecule is CCC(Cl)CC(=O)[O-].[K+]. The Balaban J connectivity index is 0. The van der Waals surface area contributed by atoms with Crippen LogP contribution in [0.1, 0.15) is 19.8 Å². The van der Waals surface area contributed by atoms with Crippen molar-refractivity contribution in [3.8, 4) is 0 Å². The van der Waals surface area contributed by atoms with Gasteiger partial charge in [0.05, 0.1) is 0 Å². The van der Waals surface area contributed by atoms with Crippen molar-refractivity contribution in [1.29, 1.82) is 0 Å². The van der Waals surface area contributed by atoms with Crippen LogP contribution in [0.15, 0.2) is 0 Å². The van der Waals surface area contributed by atoms with E-state index in [9.17, 15) is 9.90 Å². The number of halogens is 1. The van der Waals surface area contributed by atoms with E-state index in [0.717, 1.165) is 0 Å².